The van der Waals surface area contributed by atoms with Gasteiger partial charge in [0, 0.05) is 25.6 Å². The molecule has 0 unspecified atom stereocenters. The summed E-state index contributed by atoms with van der Waals surface area (Å²) in [7, 11) is -3.51. The Balaban J connectivity index is 1.39. The Morgan fingerprint density at radius 2 is 1.53 bits per heavy atom. The largest absolute Gasteiger partial charge is 0.350 e. The van der Waals surface area contributed by atoms with Gasteiger partial charge in [-0.15, -0.1) is 0 Å². The minimum Gasteiger partial charge on any atom is -0.350 e. The molecule has 0 aliphatic heterocycles. The first kappa shape index (κ1) is 27.5. The molecule has 1 fully saturated rings. The van der Waals surface area contributed by atoms with Crippen molar-refractivity contribution in [2.75, 3.05) is 0 Å². The lowest BCUT2D eigenvalue weighted by molar-refractivity contribution is -0.140. The highest BCUT2D eigenvalue weighted by atomic mass is 32.2. The van der Waals surface area contributed by atoms with Crippen LogP contribution in [-0.2, 0) is 39.1 Å². The number of carbonyl (C=O) groups excluding carboxylic acids is 2. The van der Waals surface area contributed by atoms with Gasteiger partial charge in [0.2, 0.25) is 21.8 Å². The van der Waals surface area contributed by atoms with Crippen LogP contribution >= 0.6 is 0 Å². The minimum atomic E-state index is -3.51. The molecule has 0 heterocycles. The van der Waals surface area contributed by atoms with Crippen LogP contribution in [0.5, 0.6) is 0 Å². The van der Waals surface area contributed by atoms with Crippen LogP contribution in [0.2, 0.25) is 0 Å². The Morgan fingerprint density at radius 3 is 2.16 bits per heavy atom. The van der Waals surface area contributed by atoms with Crippen molar-refractivity contribution in [3.05, 3.63) is 101 Å². The zero-order valence-electron chi connectivity index (χ0n) is 21.9. The number of nitrogens with one attached hydrogen (secondary N) is 2. The van der Waals surface area contributed by atoms with Crippen molar-refractivity contribution in [3.8, 4) is 0 Å². The van der Waals surface area contributed by atoms with Crippen LogP contribution in [0.4, 0.5) is 0 Å². The Bertz CT molecular complexity index is 1340. The van der Waals surface area contributed by atoms with Crippen molar-refractivity contribution in [3.63, 3.8) is 0 Å². The number of nitrogens with zero attached hydrogens (tertiary/aromatic N) is 1. The minimum absolute atomic E-state index is 0.0453. The van der Waals surface area contributed by atoms with E-state index in [-0.39, 0.29) is 29.2 Å². The maximum absolute atomic E-state index is 13.4. The maximum atomic E-state index is 13.4. The summed E-state index contributed by atoms with van der Waals surface area (Å²) in [6.45, 7) is 4.47. The van der Waals surface area contributed by atoms with Crippen LogP contribution in [0.15, 0.2) is 83.8 Å². The zero-order valence-corrected chi connectivity index (χ0v) is 22.7. The number of amides is 2. The molecule has 0 spiro atoms. The highest BCUT2D eigenvalue weighted by Gasteiger charge is 2.28. The normalized spacial score (nSPS) is 14.1. The van der Waals surface area contributed by atoms with Gasteiger partial charge in [-0.2, -0.15) is 0 Å². The summed E-state index contributed by atoms with van der Waals surface area (Å²) in [6, 6.07) is 23.6. The molecular weight excluding hydrogens is 498 g/mol. The lowest BCUT2D eigenvalue weighted by atomic mass is 10.1. The second-order valence-corrected chi connectivity index (χ2v) is 11.6. The van der Waals surface area contributed by atoms with Gasteiger partial charge in [0.15, 0.2) is 0 Å². The molecule has 38 heavy (non-hydrogen) atoms. The van der Waals surface area contributed by atoms with Crippen LogP contribution in [0.3, 0.4) is 0 Å². The quantitative estimate of drug-likeness (QED) is 0.366. The number of aryl methyl sites for hydroxylation is 2. The number of hydrogen-bond acceptors (Lipinski definition) is 4. The molecule has 3 aromatic rings. The predicted molar refractivity (Wildman–Crippen MR) is 148 cm³/mol. The van der Waals surface area contributed by atoms with Gasteiger partial charge in [-0.1, -0.05) is 72.3 Å². The summed E-state index contributed by atoms with van der Waals surface area (Å²) >= 11 is 0. The number of rotatable bonds is 12. The summed E-state index contributed by atoms with van der Waals surface area (Å²) in [5.74, 6) is -0.355. The van der Waals surface area contributed by atoms with Gasteiger partial charge in [0.25, 0.3) is 0 Å². The van der Waals surface area contributed by atoms with Gasteiger partial charge in [-0.3, -0.25) is 9.59 Å². The summed E-state index contributed by atoms with van der Waals surface area (Å²) in [4.78, 5) is 28.2. The molecule has 2 amide bonds. The molecule has 0 radical (unpaired) electrons. The molecule has 1 aliphatic rings. The third kappa shape index (κ3) is 7.76. The van der Waals surface area contributed by atoms with Crippen LogP contribution in [-0.4, -0.2) is 37.2 Å². The fourth-order valence-corrected chi connectivity index (χ4v) is 5.43. The molecule has 7 nitrogen and oxygen atoms in total. The standard InChI is InChI=1S/C30H35N3O4S/c1-22-8-10-25(11-9-22)20-31-30(35)23(2)33(21-26-6-4-3-5-7-26)29(34)19-14-24-12-17-28(18-13-24)38(36,37)32-27-15-16-27/h3-13,17-18,23,27,32H,14-16,19-21H2,1-2H3,(H,31,35)/t23-/m0/s1. The Kier molecular flexibility index (Phi) is 8.97. The number of sulfonamides is 1. The molecule has 4 rings (SSSR count). The van der Waals surface area contributed by atoms with E-state index in [1.807, 2.05) is 61.5 Å². The molecule has 1 saturated carbocycles. The van der Waals surface area contributed by atoms with E-state index in [0.717, 1.165) is 35.1 Å². The lowest BCUT2D eigenvalue weighted by Gasteiger charge is -2.29. The first-order valence-corrected chi connectivity index (χ1v) is 14.5. The number of hydrogen-bond donors (Lipinski definition) is 2. The van der Waals surface area contributed by atoms with Gasteiger partial charge in [0.05, 0.1) is 4.90 Å². The fourth-order valence-electron chi connectivity index (χ4n) is 4.12. The van der Waals surface area contributed by atoms with Crippen molar-refractivity contribution < 1.29 is 18.0 Å². The first-order chi connectivity index (χ1) is 18.2. The van der Waals surface area contributed by atoms with Gasteiger partial charge in [-0.05, 0) is 61.9 Å². The lowest BCUT2D eigenvalue weighted by Crippen LogP contribution is -2.47. The van der Waals surface area contributed by atoms with Crippen molar-refractivity contribution >= 4 is 21.8 Å². The first-order valence-electron chi connectivity index (χ1n) is 13.0. The smallest absolute Gasteiger partial charge is 0.242 e. The third-order valence-corrected chi connectivity index (χ3v) is 8.25. The number of carbonyl (C=O) groups is 2. The summed E-state index contributed by atoms with van der Waals surface area (Å²) in [6.07, 6.45) is 2.40. The van der Waals surface area contributed by atoms with Gasteiger partial charge >= 0.3 is 0 Å². The topological polar surface area (TPSA) is 95.6 Å². The van der Waals surface area contributed by atoms with Crippen LogP contribution in [0.1, 0.15) is 48.4 Å². The SMILES string of the molecule is Cc1ccc(CNC(=O)[C@H](C)N(Cc2ccccc2)C(=O)CCc2ccc(S(=O)(=O)NC3CC3)cc2)cc1. The Morgan fingerprint density at radius 1 is 0.895 bits per heavy atom. The van der Waals surface area contributed by atoms with Crippen molar-refractivity contribution in [2.24, 2.45) is 0 Å². The van der Waals surface area contributed by atoms with Gasteiger partial charge < -0.3 is 10.2 Å². The average Bonchev–Trinajstić information content (AvgIpc) is 3.73. The fraction of sp³-hybridized carbons (Fsp3) is 0.333. The highest BCUT2D eigenvalue weighted by Crippen LogP contribution is 2.22. The molecule has 2 N–H and O–H groups in total. The molecule has 200 valence electrons. The van der Waals surface area contributed by atoms with Crippen molar-refractivity contribution in [1.29, 1.82) is 0 Å². The highest BCUT2D eigenvalue weighted by molar-refractivity contribution is 7.89. The average molecular weight is 534 g/mol. The van der Waals surface area contributed by atoms with E-state index in [9.17, 15) is 18.0 Å². The summed E-state index contributed by atoms with van der Waals surface area (Å²) in [5.41, 5.74) is 3.95. The van der Waals surface area contributed by atoms with Crippen LogP contribution in [0.25, 0.3) is 0 Å². The van der Waals surface area contributed by atoms with E-state index in [1.54, 1.807) is 36.1 Å². The second-order valence-electron chi connectivity index (χ2n) is 9.93. The van der Waals surface area contributed by atoms with Crippen molar-refractivity contribution in [1.82, 2.24) is 14.9 Å². The Hall–Kier alpha value is -3.49. The van der Waals surface area contributed by atoms with E-state index in [4.69, 9.17) is 0 Å². The molecular formula is C30H35N3O4S. The van der Waals surface area contributed by atoms with Crippen LogP contribution in [0, 0.1) is 6.92 Å². The second kappa shape index (κ2) is 12.4. The van der Waals surface area contributed by atoms with E-state index in [2.05, 4.69) is 10.0 Å². The molecule has 8 heteroatoms. The third-order valence-electron chi connectivity index (χ3n) is 6.71. The maximum Gasteiger partial charge on any atom is 0.242 e. The monoisotopic (exact) mass is 533 g/mol. The Labute approximate surface area is 225 Å². The molecule has 1 aliphatic carbocycles. The molecule has 0 bridgehead atoms. The molecule has 0 saturated heterocycles. The zero-order chi connectivity index (χ0) is 27.1. The summed E-state index contributed by atoms with van der Waals surface area (Å²) in [5, 5.41) is 2.96. The van der Waals surface area contributed by atoms with E-state index < -0.39 is 16.1 Å². The van der Waals surface area contributed by atoms with E-state index in [0.29, 0.717) is 19.5 Å². The predicted octanol–water partition coefficient (Wildman–Crippen LogP) is 4.10. The molecule has 3 aromatic carbocycles. The van der Waals surface area contributed by atoms with Gasteiger partial charge in [0.1, 0.15) is 6.04 Å². The van der Waals surface area contributed by atoms with E-state index in [1.165, 1.54) is 0 Å². The number of benzene rings is 3. The van der Waals surface area contributed by atoms with Crippen LogP contribution < -0.4 is 10.0 Å². The van der Waals surface area contributed by atoms with Gasteiger partial charge in [-0.25, -0.2) is 13.1 Å². The van der Waals surface area contributed by atoms with E-state index >= 15 is 0 Å². The molecule has 1 atom stereocenters. The summed E-state index contributed by atoms with van der Waals surface area (Å²) < 4.78 is 27.5. The molecule has 0 aromatic heterocycles. The van der Waals surface area contributed by atoms with Crippen molar-refractivity contribution in [2.45, 2.75) is 69.6 Å².